The van der Waals surface area contributed by atoms with E-state index in [9.17, 15) is 4.79 Å². The first kappa shape index (κ1) is 15.3. The molecule has 2 bridgehead atoms. The fourth-order valence-electron chi connectivity index (χ4n) is 3.46. The van der Waals surface area contributed by atoms with Crippen LogP contribution in [0.25, 0.3) is 0 Å². The number of likely N-dealkylation sites (tertiary alicyclic amines) is 1. The monoisotopic (exact) mass is 303 g/mol. The standard InChI is InChI=1S/C17H25N3O2/c1-22-16-5-3-2-4-13(16)10-18-17(21)12-20-9-8-14-6-7-15(11-20)19-14/h2-5,14-15,19H,6-12H2,1H3,(H,18,21). The maximum atomic E-state index is 12.2. The van der Waals surface area contributed by atoms with Gasteiger partial charge in [-0.15, -0.1) is 0 Å². The number of hydrogen-bond donors (Lipinski definition) is 2. The predicted octanol–water partition coefficient (Wildman–Crippen LogP) is 1.14. The first-order valence-electron chi connectivity index (χ1n) is 8.11. The summed E-state index contributed by atoms with van der Waals surface area (Å²) in [6.45, 7) is 3.00. The zero-order chi connectivity index (χ0) is 15.4. The van der Waals surface area contributed by atoms with E-state index >= 15 is 0 Å². The minimum atomic E-state index is 0.0867. The molecule has 2 aliphatic heterocycles. The molecule has 1 aromatic rings. The van der Waals surface area contributed by atoms with Gasteiger partial charge in [-0.05, 0) is 25.3 Å². The molecule has 2 fully saturated rings. The number of para-hydroxylation sites is 1. The van der Waals surface area contributed by atoms with Gasteiger partial charge in [-0.1, -0.05) is 18.2 Å². The van der Waals surface area contributed by atoms with E-state index in [2.05, 4.69) is 15.5 Å². The number of benzene rings is 1. The van der Waals surface area contributed by atoms with Crippen LogP contribution in [0.3, 0.4) is 0 Å². The molecule has 2 aliphatic rings. The van der Waals surface area contributed by atoms with Crippen molar-refractivity contribution >= 4 is 5.91 Å². The summed E-state index contributed by atoms with van der Waals surface area (Å²) in [5.74, 6) is 0.905. The molecular weight excluding hydrogens is 278 g/mol. The van der Waals surface area contributed by atoms with Crippen LogP contribution in [0.5, 0.6) is 5.75 Å². The average molecular weight is 303 g/mol. The summed E-state index contributed by atoms with van der Waals surface area (Å²) in [5.41, 5.74) is 1.01. The third-order valence-electron chi connectivity index (χ3n) is 4.64. The van der Waals surface area contributed by atoms with Crippen LogP contribution in [0.1, 0.15) is 24.8 Å². The number of ether oxygens (including phenoxy) is 1. The van der Waals surface area contributed by atoms with Crippen molar-refractivity contribution in [3.8, 4) is 5.75 Å². The topological polar surface area (TPSA) is 53.6 Å². The van der Waals surface area contributed by atoms with Crippen molar-refractivity contribution in [2.45, 2.75) is 37.9 Å². The predicted molar refractivity (Wildman–Crippen MR) is 85.8 cm³/mol. The van der Waals surface area contributed by atoms with Crippen LogP contribution >= 0.6 is 0 Å². The highest BCUT2D eigenvalue weighted by Crippen LogP contribution is 2.20. The van der Waals surface area contributed by atoms with Crippen LogP contribution in [0, 0.1) is 0 Å². The Morgan fingerprint density at radius 3 is 3.00 bits per heavy atom. The van der Waals surface area contributed by atoms with E-state index in [-0.39, 0.29) is 5.91 Å². The van der Waals surface area contributed by atoms with Crippen molar-refractivity contribution in [1.82, 2.24) is 15.5 Å². The van der Waals surface area contributed by atoms with Crippen molar-refractivity contribution in [1.29, 1.82) is 0 Å². The first-order valence-corrected chi connectivity index (χ1v) is 8.11. The molecule has 0 saturated carbocycles. The Morgan fingerprint density at radius 2 is 2.14 bits per heavy atom. The Hall–Kier alpha value is -1.59. The van der Waals surface area contributed by atoms with Gasteiger partial charge in [-0.2, -0.15) is 0 Å². The van der Waals surface area contributed by atoms with Crippen LogP contribution < -0.4 is 15.4 Å². The summed E-state index contributed by atoms with van der Waals surface area (Å²) >= 11 is 0. The Bertz CT molecular complexity index is 520. The van der Waals surface area contributed by atoms with E-state index in [0.717, 1.165) is 30.8 Å². The van der Waals surface area contributed by atoms with E-state index in [0.29, 0.717) is 25.2 Å². The Labute approximate surface area is 132 Å². The summed E-state index contributed by atoms with van der Waals surface area (Å²) in [5, 5.41) is 6.64. The zero-order valence-electron chi connectivity index (χ0n) is 13.2. The molecular formula is C17H25N3O2. The molecule has 5 nitrogen and oxygen atoms in total. The molecule has 0 aliphatic carbocycles. The summed E-state index contributed by atoms with van der Waals surface area (Å²) in [4.78, 5) is 14.5. The highest BCUT2D eigenvalue weighted by atomic mass is 16.5. The van der Waals surface area contributed by atoms with Crippen LogP contribution in [-0.2, 0) is 11.3 Å². The molecule has 2 unspecified atom stereocenters. The smallest absolute Gasteiger partial charge is 0.234 e. The minimum Gasteiger partial charge on any atom is -0.496 e. The molecule has 2 heterocycles. The molecule has 0 spiro atoms. The molecule has 2 atom stereocenters. The number of nitrogens with zero attached hydrogens (tertiary/aromatic N) is 1. The molecule has 120 valence electrons. The fraction of sp³-hybridized carbons (Fsp3) is 0.588. The second kappa shape index (κ2) is 7.11. The molecule has 1 aromatic carbocycles. The van der Waals surface area contributed by atoms with Gasteiger partial charge in [0.25, 0.3) is 0 Å². The Kier molecular flexibility index (Phi) is 4.95. The van der Waals surface area contributed by atoms with E-state index in [1.807, 2.05) is 24.3 Å². The van der Waals surface area contributed by atoms with Gasteiger partial charge in [0.1, 0.15) is 5.75 Å². The molecule has 3 rings (SSSR count). The lowest BCUT2D eigenvalue weighted by Gasteiger charge is -2.23. The molecule has 0 radical (unpaired) electrons. The maximum Gasteiger partial charge on any atom is 0.234 e. The second-order valence-corrected chi connectivity index (χ2v) is 6.25. The van der Waals surface area contributed by atoms with Gasteiger partial charge in [-0.25, -0.2) is 0 Å². The SMILES string of the molecule is COc1ccccc1CNC(=O)CN1CCC2CCC(C1)N2. The average Bonchev–Trinajstić information content (AvgIpc) is 2.88. The molecule has 2 saturated heterocycles. The van der Waals surface area contributed by atoms with Gasteiger partial charge in [-0.3, -0.25) is 9.69 Å². The number of carbonyl (C=O) groups excluding carboxylic acids is 1. The number of hydrogen-bond acceptors (Lipinski definition) is 4. The molecule has 22 heavy (non-hydrogen) atoms. The van der Waals surface area contributed by atoms with E-state index in [1.165, 1.54) is 12.8 Å². The number of nitrogens with one attached hydrogen (secondary N) is 2. The largest absolute Gasteiger partial charge is 0.496 e. The highest BCUT2D eigenvalue weighted by molar-refractivity contribution is 5.78. The third kappa shape index (κ3) is 3.78. The maximum absolute atomic E-state index is 12.2. The van der Waals surface area contributed by atoms with Crippen molar-refractivity contribution in [2.75, 3.05) is 26.7 Å². The molecule has 1 amide bonds. The zero-order valence-corrected chi connectivity index (χ0v) is 13.2. The lowest BCUT2D eigenvalue weighted by atomic mass is 10.1. The van der Waals surface area contributed by atoms with Crippen molar-refractivity contribution in [3.05, 3.63) is 29.8 Å². The van der Waals surface area contributed by atoms with Crippen molar-refractivity contribution < 1.29 is 9.53 Å². The number of amides is 1. The number of carbonyl (C=O) groups is 1. The van der Waals surface area contributed by atoms with Crippen LogP contribution in [0.2, 0.25) is 0 Å². The van der Waals surface area contributed by atoms with Gasteiger partial charge in [0.05, 0.1) is 13.7 Å². The fourth-order valence-corrected chi connectivity index (χ4v) is 3.46. The van der Waals surface area contributed by atoms with Crippen molar-refractivity contribution in [3.63, 3.8) is 0 Å². The number of rotatable bonds is 5. The van der Waals surface area contributed by atoms with Gasteiger partial charge in [0, 0.05) is 37.3 Å². The highest BCUT2D eigenvalue weighted by Gasteiger charge is 2.29. The normalized spacial score (nSPS) is 24.8. The second-order valence-electron chi connectivity index (χ2n) is 6.25. The summed E-state index contributed by atoms with van der Waals surface area (Å²) < 4.78 is 5.31. The molecule has 5 heteroatoms. The number of methoxy groups -OCH3 is 1. The quantitative estimate of drug-likeness (QED) is 0.856. The Balaban J connectivity index is 1.48. The van der Waals surface area contributed by atoms with E-state index < -0.39 is 0 Å². The summed E-state index contributed by atoms with van der Waals surface area (Å²) in [6.07, 6.45) is 3.68. The molecule has 0 aromatic heterocycles. The minimum absolute atomic E-state index is 0.0867. The number of fused-ring (bicyclic) bond motifs is 2. The lowest BCUT2D eigenvalue weighted by molar-refractivity contribution is -0.122. The Morgan fingerprint density at radius 1 is 1.32 bits per heavy atom. The first-order chi connectivity index (χ1) is 10.7. The van der Waals surface area contributed by atoms with Gasteiger partial charge in [0.2, 0.25) is 5.91 Å². The van der Waals surface area contributed by atoms with Gasteiger partial charge >= 0.3 is 0 Å². The van der Waals surface area contributed by atoms with Gasteiger partial charge in [0.15, 0.2) is 0 Å². The lowest BCUT2D eigenvalue weighted by Crippen LogP contribution is -2.41. The van der Waals surface area contributed by atoms with Crippen LogP contribution in [0.4, 0.5) is 0 Å². The third-order valence-corrected chi connectivity index (χ3v) is 4.64. The van der Waals surface area contributed by atoms with E-state index in [4.69, 9.17) is 4.74 Å². The summed E-state index contributed by atoms with van der Waals surface area (Å²) in [6, 6.07) is 9.01. The molecule has 2 N–H and O–H groups in total. The van der Waals surface area contributed by atoms with E-state index in [1.54, 1.807) is 7.11 Å². The summed E-state index contributed by atoms with van der Waals surface area (Å²) in [7, 11) is 1.65. The van der Waals surface area contributed by atoms with Crippen LogP contribution in [0.15, 0.2) is 24.3 Å². The van der Waals surface area contributed by atoms with Gasteiger partial charge < -0.3 is 15.4 Å². The van der Waals surface area contributed by atoms with Crippen molar-refractivity contribution in [2.24, 2.45) is 0 Å². The van der Waals surface area contributed by atoms with Crippen LogP contribution in [-0.4, -0.2) is 49.6 Å².